The Labute approximate surface area is 157 Å². The molecule has 3 rings (SSSR count). The quantitative estimate of drug-likeness (QED) is 0.653. The number of pyridine rings is 1. The smallest absolute Gasteiger partial charge is 0.251 e. The number of nitriles is 1. The van der Waals surface area contributed by atoms with Gasteiger partial charge in [0.1, 0.15) is 24.3 Å². The predicted octanol–water partition coefficient (Wildman–Crippen LogP) is 2.82. The summed E-state index contributed by atoms with van der Waals surface area (Å²) in [5.41, 5.74) is 2.47. The molecule has 0 spiro atoms. The monoisotopic (exact) mass is 363 g/mol. The first-order valence-electron chi connectivity index (χ1n) is 8.63. The van der Waals surface area contributed by atoms with Crippen LogP contribution in [0.25, 0.3) is 10.9 Å². The summed E-state index contributed by atoms with van der Waals surface area (Å²) in [6, 6.07) is 16.9. The Hall–Kier alpha value is -3.30. The van der Waals surface area contributed by atoms with Crippen LogP contribution in [0.4, 0.5) is 0 Å². The molecule has 3 aromatic rings. The van der Waals surface area contributed by atoms with Crippen LogP contribution in [0.15, 0.2) is 53.3 Å². The third kappa shape index (κ3) is 4.10. The van der Waals surface area contributed by atoms with Crippen LogP contribution in [-0.2, 0) is 6.54 Å². The molecule has 0 aliphatic rings. The van der Waals surface area contributed by atoms with Gasteiger partial charge in [0.05, 0.1) is 12.1 Å². The molecule has 0 fully saturated rings. The van der Waals surface area contributed by atoms with Crippen molar-refractivity contribution in [2.24, 2.45) is 0 Å². The van der Waals surface area contributed by atoms with Crippen molar-refractivity contribution in [2.75, 3.05) is 20.4 Å². The van der Waals surface area contributed by atoms with E-state index in [9.17, 15) is 4.79 Å². The molecule has 0 bridgehead atoms. The first-order chi connectivity index (χ1) is 13.1. The van der Waals surface area contributed by atoms with Gasteiger partial charge in [-0.25, -0.2) is 0 Å². The van der Waals surface area contributed by atoms with Crippen molar-refractivity contribution in [3.8, 4) is 17.6 Å². The van der Waals surface area contributed by atoms with E-state index in [2.05, 4.69) is 5.32 Å². The molecule has 6 heteroatoms. The zero-order chi connectivity index (χ0) is 19.2. The van der Waals surface area contributed by atoms with Gasteiger partial charge in [-0.2, -0.15) is 5.26 Å². The molecule has 1 heterocycles. The largest absolute Gasteiger partial charge is 0.479 e. The van der Waals surface area contributed by atoms with Gasteiger partial charge in [-0.1, -0.05) is 30.3 Å². The summed E-state index contributed by atoms with van der Waals surface area (Å²) in [6.07, 6.45) is 0. The molecule has 6 nitrogen and oxygen atoms in total. The second-order valence-electron chi connectivity index (χ2n) is 6.14. The van der Waals surface area contributed by atoms with Crippen LogP contribution in [0.1, 0.15) is 11.1 Å². The first kappa shape index (κ1) is 18.5. The molecular formula is C21H21N3O3. The minimum Gasteiger partial charge on any atom is -0.479 e. The summed E-state index contributed by atoms with van der Waals surface area (Å²) < 4.78 is 13.0. The van der Waals surface area contributed by atoms with E-state index in [0.717, 1.165) is 16.5 Å². The SMILES string of the molecule is CNCOc1cc(OCC#N)cc2c1c(C)cc(=O)n2Cc1ccccc1. The molecule has 0 aliphatic heterocycles. The molecule has 0 saturated carbocycles. The maximum absolute atomic E-state index is 12.7. The van der Waals surface area contributed by atoms with Crippen LogP contribution in [0.3, 0.4) is 0 Å². The zero-order valence-corrected chi connectivity index (χ0v) is 15.4. The number of hydrogen-bond donors (Lipinski definition) is 1. The summed E-state index contributed by atoms with van der Waals surface area (Å²) in [5, 5.41) is 12.6. The highest BCUT2D eigenvalue weighted by Crippen LogP contribution is 2.33. The number of hydrogen-bond acceptors (Lipinski definition) is 5. The van der Waals surface area contributed by atoms with Crippen molar-refractivity contribution in [1.29, 1.82) is 5.26 Å². The molecule has 1 aromatic heterocycles. The van der Waals surface area contributed by atoms with Gasteiger partial charge < -0.3 is 14.0 Å². The van der Waals surface area contributed by atoms with Crippen LogP contribution in [0.2, 0.25) is 0 Å². The average molecular weight is 363 g/mol. The van der Waals surface area contributed by atoms with Gasteiger partial charge in [-0.15, -0.1) is 0 Å². The lowest BCUT2D eigenvalue weighted by molar-refractivity contribution is 0.296. The molecule has 0 unspecified atom stereocenters. The van der Waals surface area contributed by atoms with Crippen molar-refractivity contribution in [3.63, 3.8) is 0 Å². The third-order valence-electron chi connectivity index (χ3n) is 4.20. The molecule has 0 radical (unpaired) electrons. The number of benzene rings is 2. The normalized spacial score (nSPS) is 10.6. The van der Waals surface area contributed by atoms with Gasteiger partial charge in [-0.05, 0) is 25.1 Å². The molecule has 138 valence electrons. The third-order valence-corrected chi connectivity index (χ3v) is 4.20. The summed E-state index contributed by atoms with van der Waals surface area (Å²) >= 11 is 0. The highest BCUT2D eigenvalue weighted by atomic mass is 16.5. The molecule has 0 amide bonds. The summed E-state index contributed by atoms with van der Waals surface area (Å²) in [4.78, 5) is 12.7. The van der Waals surface area contributed by atoms with E-state index in [1.54, 1.807) is 29.8 Å². The van der Waals surface area contributed by atoms with E-state index in [1.807, 2.05) is 43.3 Å². The fourth-order valence-electron chi connectivity index (χ4n) is 3.03. The lowest BCUT2D eigenvalue weighted by atomic mass is 10.1. The number of aromatic nitrogens is 1. The van der Waals surface area contributed by atoms with Gasteiger partial charge in [0.25, 0.3) is 5.56 Å². The highest BCUT2D eigenvalue weighted by Gasteiger charge is 2.14. The minimum absolute atomic E-state index is 0.0777. The Kier molecular flexibility index (Phi) is 5.74. The van der Waals surface area contributed by atoms with Gasteiger partial charge >= 0.3 is 0 Å². The van der Waals surface area contributed by atoms with Crippen LogP contribution in [-0.4, -0.2) is 25.0 Å². The van der Waals surface area contributed by atoms with Gasteiger partial charge in [0.2, 0.25) is 0 Å². The molecule has 0 aliphatic carbocycles. The number of nitrogens with one attached hydrogen (secondary N) is 1. The molecule has 0 saturated heterocycles. The molecule has 1 N–H and O–H groups in total. The van der Waals surface area contributed by atoms with Crippen molar-refractivity contribution in [3.05, 3.63) is 70.0 Å². The number of fused-ring (bicyclic) bond motifs is 1. The van der Waals surface area contributed by atoms with Gasteiger partial charge in [-0.3, -0.25) is 10.1 Å². The second kappa shape index (κ2) is 8.39. The Morgan fingerprint density at radius 1 is 1.15 bits per heavy atom. The van der Waals surface area contributed by atoms with Crippen molar-refractivity contribution < 1.29 is 9.47 Å². The molecular weight excluding hydrogens is 342 g/mol. The number of ether oxygens (including phenoxy) is 2. The van der Waals surface area contributed by atoms with Crippen molar-refractivity contribution in [2.45, 2.75) is 13.5 Å². The zero-order valence-electron chi connectivity index (χ0n) is 15.4. The Balaban J connectivity index is 2.21. The molecule has 2 aromatic carbocycles. The first-order valence-corrected chi connectivity index (χ1v) is 8.63. The van der Waals surface area contributed by atoms with E-state index in [-0.39, 0.29) is 12.2 Å². The number of nitrogens with zero attached hydrogens (tertiary/aromatic N) is 2. The number of aryl methyl sites for hydroxylation is 1. The standard InChI is InChI=1S/C21H21N3O3/c1-15-10-20(25)24(13-16-6-4-3-5-7-16)18-11-17(26-9-8-22)12-19(21(15)18)27-14-23-2/h3-7,10-12,23H,9,13-14H2,1-2H3. The minimum atomic E-state index is -0.0964. The fraction of sp³-hybridized carbons (Fsp3) is 0.238. The molecule has 0 atom stereocenters. The number of rotatable bonds is 7. The predicted molar refractivity (Wildman–Crippen MR) is 104 cm³/mol. The topological polar surface area (TPSA) is 76.3 Å². The van der Waals surface area contributed by atoms with Crippen LogP contribution in [0, 0.1) is 18.3 Å². The maximum atomic E-state index is 12.7. The molecule has 27 heavy (non-hydrogen) atoms. The van der Waals surface area contributed by atoms with E-state index in [4.69, 9.17) is 14.7 Å². The Morgan fingerprint density at radius 3 is 2.63 bits per heavy atom. The van der Waals surface area contributed by atoms with Crippen LogP contribution >= 0.6 is 0 Å². The summed E-state index contributed by atoms with van der Waals surface area (Å²) in [5.74, 6) is 1.09. The van der Waals surface area contributed by atoms with E-state index in [1.165, 1.54) is 0 Å². The average Bonchev–Trinajstić information content (AvgIpc) is 2.68. The van der Waals surface area contributed by atoms with Gasteiger partial charge in [0, 0.05) is 23.6 Å². The van der Waals surface area contributed by atoms with Crippen LogP contribution < -0.4 is 20.3 Å². The Bertz CT molecular complexity index is 1040. The summed E-state index contributed by atoms with van der Waals surface area (Å²) in [7, 11) is 1.79. The highest BCUT2D eigenvalue weighted by molar-refractivity contribution is 5.90. The lowest BCUT2D eigenvalue weighted by Crippen LogP contribution is -2.22. The lowest BCUT2D eigenvalue weighted by Gasteiger charge is -2.17. The van der Waals surface area contributed by atoms with E-state index >= 15 is 0 Å². The van der Waals surface area contributed by atoms with Gasteiger partial charge in [0.15, 0.2) is 6.61 Å². The van der Waals surface area contributed by atoms with E-state index < -0.39 is 0 Å². The van der Waals surface area contributed by atoms with Crippen LogP contribution in [0.5, 0.6) is 11.5 Å². The van der Waals surface area contributed by atoms with Crippen molar-refractivity contribution in [1.82, 2.24) is 9.88 Å². The maximum Gasteiger partial charge on any atom is 0.251 e. The summed E-state index contributed by atoms with van der Waals surface area (Å²) in [6.45, 7) is 2.56. The van der Waals surface area contributed by atoms with E-state index in [0.29, 0.717) is 30.3 Å². The fourth-order valence-corrected chi connectivity index (χ4v) is 3.03. The second-order valence-corrected chi connectivity index (χ2v) is 6.14. The van der Waals surface area contributed by atoms with Crippen molar-refractivity contribution >= 4 is 10.9 Å². The Morgan fingerprint density at radius 2 is 1.93 bits per heavy atom.